The largest absolute Gasteiger partial charge is 0.457 e. The van der Waals surface area contributed by atoms with E-state index in [1.165, 1.54) is 30.5 Å². The number of sulfonamides is 1. The van der Waals surface area contributed by atoms with E-state index in [0.29, 0.717) is 28.1 Å². The molecule has 1 aromatic carbocycles. The number of anilines is 1. The zero-order chi connectivity index (χ0) is 22.9. The molecule has 32 heavy (non-hydrogen) atoms. The summed E-state index contributed by atoms with van der Waals surface area (Å²) in [6.07, 6.45) is 3.18. The number of rotatable bonds is 6. The third-order valence-corrected chi connectivity index (χ3v) is 7.30. The van der Waals surface area contributed by atoms with Crippen molar-refractivity contribution in [3.8, 4) is 11.5 Å². The fraction of sp³-hybridized carbons (Fsp3) is 0.0952. The van der Waals surface area contributed by atoms with Crippen LogP contribution in [0.15, 0.2) is 64.4 Å². The molecule has 0 atom stereocenters. The zero-order valence-electron chi connectivity index (χ0n) is 17.0. The Kier molecular flexibility index (Phi) is 5.78. The van der Waals surface area contributed by atoms with Crippen LogP contribution < -0.4 is 14.5 Å². The highest BCUT2D eigenvalue weighted by molar-refractivity contribution is 7.92. The number of aryl methyl sites for hydroxylation is 1. The summed E-state index contributed by atoms with van der Waals surface area (Å²) >= 11 is 1.33. The molecule has 0 radical (unpaired) electrons. The predicted octanol–water partition coefficient (Wildman–Crippen LogP) is 3.74. The van der Waals surface area contributed by atoms with Crippen LogP contribution in [0.4, 0.5) is 5.69 Å². The number of hydrogen-bond acceptors (Lipinski definition) is 8. The van der Waals surface area contributed by atoms with Gasteiger partial charge in [0.2, 0.25) is 0 Å². The molecule has 0 aliphatic rings. The Morgan fingerprint density at radius 2 is 1.75 bits per heavy atom. The Bertz CT molecular complexity index is 1390. The van der Waals surface area contributed by atoms with Gasteiger partial charge in [-0.2, -0.15) is 0 Å². The molecule has 4 rings (SSSR count). The normalized spacial score (nSPS) is 11.3. The fourth-order valence-corrected chi connectivity index (χ4v) is 5.22. The average molecular weight is 471 g/mol. The molecule has 1 amide bonds. The standard InChI is InChI=1S/C21H18N4O5S2/c1-13-19(21(26)24-27)20(17-11-31-12-18(17)23-13)25(2)32(28,29)16-5-3-14(4-6-16)30-15-7-9-22-10-8-15/h3-12,27H,1-2H3,(H,24,26). The minimum atomic E-state index is -4.05. The number of hydroxylamine groups is 1. The molecule has 11 heteroatoms. The van der Waals surface area contributed by atoms with Crippen LogP contribution in [0.25, 0.3) is 10.9 Å². The van der Waals surface area contributed by atoms with E-state index in [1.807, 2.05) is 0 Å². The van der Waals surface area contributed by atoms with Crippen molar-refractivity contribution in [1.82, 2.24) is 15.4 Å². The van der Waals surface area contributed by atoms with E-state index in [0.717, 1.165) is 4.31 Å². The Morgan fingerprint density at radius 3 is 2.41 bits per heavy atom. The number of aromatic nitrogens is 2. The maximum atomic E-state index is 13.4. The van der Waals surface area contributed by atoms with Gasteiger partial charge in [-0.25, -0.2) is 13.9 Å². The molecular weight excluding hydrogens is 452 g/mol. The number of pyridine rings is 2. The Hall–Kier alpha value is -3.54. The summed E-state index contributed by atoms with van der Waals surface area (Å²) in [5.74, 6) is 0.180. The van der Waals surface area contributed by atoms with Gasteiger partial charge in [-0.1, -0.05) is 0 Å². The lowest BCUT2D eigenvalue weighted by Gasteiger charge is -2.23. The van der Waals surface area contributed by atoms with Crippen LogP contribution in [0.3, 0.4) is 0 Å². The van der Waals surface area contributed by atoms with Gasteiger partial charge in [0, 0.05) is 35.6 Å². The van der Waals surface area contributed by atoms with Crippen molar-refractivity contribution in [3.05, 3.63) is 70.8 Å². The average Bonchev–Trinajstić information content (AvgIpc) is 3.26. The lowest BCUT2D eigenvalue weighted by Crippen LogP contribution is -2.31. The van der Waals surface area contributed by atoms with Crippen LogP contribution >= 0.6 is 11.3 Å². The molecule has 0 spiro atoms. The number of ether oxygens (including phenoxy) is 1. The number of hydrogen-bond donors (Lipinski definition) is 2. The van der Waals surface area contributed by atoms with Gasteiger partial charge in [0.15, 0.2) is 0 Å². The van der Waals surface area contributed by atoms with E-state index >= 15 is 0 Å². The molecule has 3 aromatic heterocycles. The highest BCUT2D eigenvalue weighted by Gasteiger charge is 2.29. The van der Waals surface area contributed by atoms with Crippen molar-refractivity contribution in [1.29, 1.82) is 0 Å². The number of thiophene rings is 1. The van der Waals surface area contributed by atoms with E-state index < -0.39 is 15.9 Å². The van der Waals surface area contributed by atoms with Gasteiger partial charge >= 0.3 is 0 Å². The smallest absolute Gasteiger partial charge is 0.278 e. The molecule has 3 heterocycles. The number of carbonyl (C=O) groups is 1. The maximum absolute atomic E-state index is 13.4. The van der Waals surface area contributed by atoms with E-state index in [2.05, 4.69) is 9.97 Å². The van der Waals surface area contributed by atoms with Crippen LogP contribution in [0.2, 0.25) is 0 Å². The van der Waals surface area contributed by atoms with Crippen molar-refractivity contribution in [2.75, 3.05) is 11.4 Å². The first-order chi connectivity index (χ1) is 15.3. The topological polar surface area (TPSA) is 122 Å². The van der Waals surface area contributed by atoms with Crippen LogP contribution in [0, 0.1) is 6.92 Å². The van der Waals surface area contributed by atoms with Gasteiger partial charge in [0.05, 0.1) is 27.4 Å². The van der Waals surface area contributed by atoms with Crippen LogP contribution in [-0.4, -0.2) is 36.5 Å². The summed E-state index contributed by atoms with van der Waals surface area (Å²) in [5.41, 5.74) is 2.54. The van der Waals surface area contributed by atoms with Gasteiger partial charge < -0.3 is 4.74 Å². The lowest BCUT2D eigenvalue weighted by atomic mass is 10.1. The molecule has 0 saturated carbocycles. The quantitative estimate of drug-likeness (QED) is 0.325. The van der Waals surface area contributed by atoms with Crippen LogP contribution in [0.1, 0.15) is 16.1 Å². The van der Waals surface area contributed by atoms with Crippen LogP contribution in [0.5, 0.6) is 11.5 Å². The van der Waals surface area contributed by atoms with Crippen molar-refractivity contribution >= 4 is 43.9 Å². The molecule has 0 saturated heterocycles. The molecule has 4 aromatic rings. The monoisotopic (exact) mass is 470 g/mol. The number of benzene rings is 1. The minimum Gasteiger partial charge on any atom is -0.457 e. The number of nitrogens with zero attached hydrogens (tertiary/aromatic N) is 3. The van der Waals surface area contributed by atoms with Crippen molar-refractivity contribution < 1.29 is 23.2 Å². The first-order valence-corrected chi connectivity index (χ1v) is 11.7. The summed E-state index contributed by atoms with van der Waals surface area (Å²) in [6, 6.07) is 9.30. The summed E-state index contributed by atoms with van der Waals surface area (Å²) < 4.78 is 33.5. The molecule has 2 N–H and O–H groups in total. The summed E-state index contributed by atoms with van der Waals surface area (Å²) in [4.78, 5) is 20.6. The molecule has 0 unspecified atom stereocenters. The van der Waals surface area contributed by atoms with Gasteiger partial charge in [-0.15, -0.1) is 11.3 Å². The molecule has 0 fully saturated rings. The fourth-order valence-electron chi connectivity index (χ4n) is 3.25. The first kappa shape index (κ1) is 21.7. The lowest BCUT2D eigenvalue weighted by molar-refractivity contribution is 0.0706. The van der Waals surface area contributed by atoms with E-state index in [9.17, 15) is 18.4 Å². The SMILES string of the molecule is Cc1nc2cscc2c(N(C)S(=O)(=O)c2ccc(Oc3ccncc3)cc2)c1C(=O)NO. The van der Waals surface area contributed by atoms with E-state index in [1.54, 1.807) is 59.8 Å². The van der Waals surface area contributed by atoms with E-state index in [4.69, 9.17) is 4.74 Å². The minimum absolute atomic E-state index is 0.00952. The number of fused-ring (bicyclic) bond motifs is 1. The van der Waals surface area contributed by atoms with Crippen molar-refractivity contribution in [2.45, 2.75) is 11.8 Å². The summed E-state index contributed by atoms with van der Waals surface area (Å²) in [7, 11) is -2.69. The second-order valence-electron chi connectivity index (χ2n) is 6.76. The number of carbonyl (C=O) groups excluding carboxylic acids is 1. The van der Waals surface area contributed by atoms with Gasteiger partial charge in [0.25, 0.3) is 15.9 Å². The molecule has 0 aliphatic heterocycles. The summed E-state index contributed by atoms with van der Waals surface area (Å²) in [6.45, 7) is 1.58. The van der Waals surface area contributed by atoms with Crippen LogP contribution in [-0.2, 0) is 10.0 Å². The van der Waals surface area contributed by atoms with Crippen molar-refractivity contribution in [3.63, 3.8) is 0 Å². The van der Waals surface area contributed by atoms with Gasteiger partial charge in [0.1, 0.15) is 11.5 Å². The molecule has 9 nitrogen and oxygen atoms in total. The summed E-state index contributed by atoms with van der Waals surface area (Å²) in [5, 5.41) is 13.2. The second kappa shape index (κ2) is 8.54. The van der Waals surface area contributed by atoms with Gasteiger partial charge in [-0.3, -0.25) is 24.3 Å². The molecule has 164 valence electrons. The second-order valence-corrected chi connectivity index (χ2v) is 9.47. The number of amides is 1. The maximum Gasteiger partial charge on any atom is 0.278 e. The molecule has 0 bridgehead atoms. The zero-order valence-corrected chi connectivity index (χ0v) is 18.6. The predicted molar refractivity (Wildman–Crippen MR) is 120 cm³/mol. The van der Waals surface area contributed by atoms with Crippen molar-refractivity contribution in [2.24, 2.45) is 0 Å². The highest BCUT2D eigenvalue weighted by atomic mass is 32.2. The van der Waals surface area contributed by atoms with Gasteiger partial charge in [-0.05, 0) is 43.3 Å². The first-order valence-electron chi connectivity index (χ1n) is 9.30. The highest BCUT2D eigenvalue weighted by Crippen LogP contribution is 2.36. The third-order valence-electron chi connectivity index (χ3n) is 4.79. The Labute approximate surface area is 187 Å². The number of nitrogens with one attached hydrogen (secondary N) is 1. The Morgan fingerprint density at radius 1 is 1.09 bits per heavy atom. The molecular formula is C21H18N4O5S2. The van der Waals surface area contributed by atoms with E-state index in [-0.39, 0.29) is 16.1 Å². The Balaban J connectivity index is 1.74. The molecule has 0 aliphatic carbocycles. The third kappa shape index (κ3) is 3.88.